The van der Waals surface area contributed by atoms with Crippen LogP contribution in [0.3, 0.4) is 0 Å². The van der Waals surface area contributed by atoms with Gasteiger partial charge in [-0.2, -0.15) is 0 Å². The minimum Gasteiger partial charge on any atom is -0.497 e. The first kappa shape index (κ1) is 18.6. The highest BCUT2D eigenvalue weighted by atomic mass is 31.2. The van der Waals surface area contributed by atoms with Crippen LogP contribution in [0.2, 0.25) is 0 Å². The number of phosphoric acid groups is 1. The highest BCUT2D eigenvalue weighted by molar-refractivity contribution is 7.46. The number of rotatable bonds is 3. The van der Waals surface area contributed by atoms with Crippen LogP contribution >= 0.6 is 7.82 Å². The number of carbonyl (C=O) groups excluding carboxylic acids is 2. The summed E-state index contributed by atoms with van der Waals surface area (Å²) >= 11 is 0. The lowest BCUT2D eigenvalue weighted by atomic mass is 9.57. The Morgan fingerprint density at radius 1 is 1.12 bits per heavy atom. The van der Waals surface area contributed by atoms with Crippen LogP contribution in [-0.2, 0) is 19.3 Å². The van der Waals surface area contributed by atoms with Crippen LogP contribution in [0.25, 0.3) is 0 Å². The molecule has 0 aliphatic heterocycles. The second kappa shape index (κ2) is 5.64. The molecular weight excluding hydrogens is 359 g/mol. The molecule has 0 spiro atoms. The second-order valence-electron chi connectivity index (χ2n) is 7.05. The zero-order valence-electron chi connectivity index (χ0n) is 14.8. The summed E-state index contributed by atoms with van der Waals surface area (Å²) in [6.07, 6.45) is 3.06. The average molecular weight is 378 g/mol. The number of hydrogen-bond acceptors (Lipinski definition) is 5. The Balaban J connectivity index is 2.41. The van der Waals surface area contributed by atoms with E-state index in [-0.39, 0.29) is 16.9 Å². The maximum absolute atomic E-state index is 13.0. The summed E-state index contributed by atoms with van der Waals surface area (Å²) < 4.78 is 21.5. The van der Waals surface area contributed by atoms with Gasteiger partial charge in [0.25, 0.3) is 0 Å². The quantitative estimate of drug-likeness (QED) is 0.778. The van der Waals surface area contributed by atoms with Crippen molar-refractivity contribution in [3.63, 3.8) is 0 Å². The van der Waals surface area contributed by atoms with E-state index in [0.29, 0.717) is 11.3 Å². The molecular formula is C18H19O7P. The van der Waals surface area contributed by atoms with Crippen molar-refractivity contribution in [3.8, 4) is 5.75 Å². The van der Waals surface area contributed by atoms with Crippen molar-refractivity contribution in [3.05, 3.63) is 52.8 Å². The summed E-state index contributed by atoms with van der Waals surface area (Å²) in [5.74, 6) is -0.897. The van der Waals surface area contributed by atoms with Gasteiger partial charge < -0.3 is 9.26 Å². The van der Waals surface area contributed by atoms with Crippen molar-refractivity contribution in [2.24, 2.45) is 5.41 Å². The van der Waals surface area contributed by atoms with Gasteiger partial charge in [0.1, 0.15) is 5.75 Å². The van der Waals surface area contributed by atoms with E-state index in [1.54, 1.807) is 39.0 Å². The van der Waals surface area contributed by atoms with Crippen LogP contribution in [-0.4, -0.2) is 28.5 Å². The van der Waals surface area contributed by atoms with Crippen molar-refractivity contribution in [1.82, 2.24) is 0 Å². The first-order valence-electron chi connectivity index (χ1n) is 7.89. The van der Waals surface area contributed by atoms with E-state index in [2.05, 4.69) is 0 Å². The number of Topliss-reactive ketones (excluding diaryl/α,β-unsaturated/α-hetero) is 1. The van der Waals surface area contributed by atoms with Gasteiger partial charge in [0, 0.05) is 16.6 Å². The highest BCUT2D eigenvalue weighted by Gasteiger charge is 2.53. The van der Waals surface area contributed by atoms with Crippen LogP contribution in [0, 0.1) is 5.41 Å². The molecule has 1 aromatic rings. The largest absolute Gasteiger partial charge is 0.524 e. The fourth-order valence-corrected chi connectivity index (χ4v) is 4.18. The maximum atomic E-state index is 13.0. The average Bonchev–Trinajstić information content (AvgIpc) is 2.54. The molecule has 0 aromatic heterocycles. The summed E-state index contributed by atoms with van der Waals surface area (Å²) in [5.41, 5.74) is -1.07. The Morgan fingerprint density at radius 3 is 2.35 bits per heavy atom. The molecule has 0 radical (unpaired) electrons. The molecule has 2 N–H and O–H groups in total. The lowest BCUT2D eigenvalue weighted by Gasteiger charge is -2.45. The number of fused-ring (bicyclic) bond motifs is 3. The Kier molecular flexibility index (Phi) is 4.03. The third-order valence-corrected chi connectivity index (χ3v) is 5.42. The van der Waals surface area contributed by atoms with E-state index in [1.807, 2.05) is 0 Å². The smallest absolute Gasteiger partial charge is 0.497 e. The SMILES string of the molecule is COc1ccc2c(c1)C1(C)C=CC(=O)C(C)(C)C1=C(OP(=O)(O)O)C2=O. The molecule has 2 aliphatic carbocycles. The van der Waals surface area contributed by atoms with Gasteiger partial charge in [-0.05, 0) is 50.6 Å². The van der Waals surface area contributed by atoms with E-state index in [1.165, 1.54) is 19.3 Å². The minimum absolute atomic E-state index is 0.228. The number of methoxy groups -OCH3 is 1. The van der Waals surface area contributed by atoms with Gasteiger partial charge in [0.2, 0.25) is 5.78 Å². The molecule has 7 nitrogen and oxygen atoms in total. The Hall–Kier alpha value is -2.21. The van der Waals surface area contributed by atoms with Gasteiger partial charge in [0.05, 0.1) is 12.5 Å². The maximum Gasteiger partial charge on any atom is 0.524 e. The normalized spacial score (nSPS) is 24.2. The zero-order valence-corrected chi connectivity index (χ0v) is 15.7. The molecule has 0 amide bonds. The van der Waals surface area contributed by atoms with E-state index >= 15 is 0 Å². The van der Waals surface area contributed by atoms with Crippen molar-refractivity contribution >= 4 is 19.4 Å². The summed E-state index contributed by atoms with van der Waals surface area (Å²) in [5, 5.41) is 0. The molecule has 2 aliphatic rings. The van der Waals surface area contributed by atoms with Crippen LogP contribution in [0.4, 0.5) is 0 Å². The fourth-order valence-electron chi connectivity index (χ4n) is 3.77. The zero-order chi connectivity index (χ0) is 19.5. The van der Waals surface area contributed by atoms with Crippen molar-refractivity contribution in [1.29, 1.82) is 0 Å². The minimum atomic E-state index is -5.01. The van der Waals surface area contributed by atoms with Gasteiger partial charge in [-0.15, -0.1) is 0 Å². The van der Waals surface area contributed by atoms with Crippen LogP contribution in [0.15, 0.2) is 41.7 Å². The van der Waals surface area contributed by atoms with Gasteiger partial charge in [-0.3, -0.25) is 19.4 Å². The fraction of sp³-hybridized carbons (Fsp3) is 0.333. The molecule has 1 atom stereocenters. The molecule has 8 heteroatoms. The van der Waals surface area contributed by atoms with Crippen LogP contribution in [0.5, 0.6) is 5.75 Å². The summed E-state index contributed by atoms with van der Waals surface area (Å²) in [7, 11) is -3.51. The Morgan fingerprint density at radius 2 is 1.77 bits per heavy atom. The molecule has 3 rings (SSSR count). The lowest BCUT2D eigenvalue weighted by Crippen LogP contribution is -2.45. The third-order valence-electron chi connectivity index (χ3n) is 5.00. The Labute approximate surface area is 150 Å². The molecule has 0 heterocycles. The van der Waals surface area contributed by atoms with E-state index in [0.717, 1.165) is 0 Å². The van der Waals surface area contributed by atoms with Gasteiger partial charge >= 0.3 is 7.82 Å². The molecule has 0 fully saturated rings. The van der Waals surface area contributed by atoms with Crippen LogP contribution in [0.1, 0.15) is 36.7 Å². The van der Waals surface area contributed by atoms with Gasteiger partial charge in [-0.1, -0.05) is 6.08 Å². The third kappa shape index (κ3) is 2.63. The molecule has 138 valence electrons. The monoisotopic (exact) mass is 378 g/mol. The number of benzene rings is 1. The molecule has 0 saturated heterocycles. The van der Waals surface area contributed by atoms with E-state index in [4.69, 9.17) is 9.26 Å². The standard InChI is InChI=1S/C18H19O7P/c1-17(2)13(19)7-8-18(3)12-9-10(24-4)5-6-11(12)14(20)15(16(17)18)25-26(21,22)23/h5-9H,1-4H3,(H2,21,22,23). The first-order chi connectivity index (χ1) is 11.9. The topological polar surface area (TPSA) is 110 Å². The molecule has 1 aromatic carbocycles. The second-order valence-corrected chi connectivity index (χ2v) is 8.22. The number of phosphoric ester groups is 1. The van der Waals surface area contributed by atoms with Gasteiger partial charge in [-0.25, -0.2) is 4.57 Å². The van der Waals surface area contributed by atoms with Gasteiger partial charge in [0.15, 0.2) is 11.5 Å². The lowest BCUT2D eigenvalue weighted by molar-refractivity contribution is -0.121. The number of allylic oxidation sites excluding steroid dienone is 4. The molecule has 0 bridgehead atoms. The Bertz CT molecular complexity index is 935. The summed E-state index contributed by atoms with van der Waals surface area (Å²) in [6.45, 7) is 4.99. The van der Waals surface area contributed by atoms with Crippen molar-refractivity contribution < 1.29 is 33.2 Å². The first-order valence-corrected chi connectivity index (χ1v) is 9.42. The predicted octanol–water partition coefficient (Wildman–Crippen LogP) is 2.68. The van der Waals surface area contributed by atoms with E-state index in [9.17, 15) is 23.9 Å². The van der Waals surface area contributed by atoms with E-state index < -0.39 is 30.2 Å². The number of carbonyl (C=O) groups is 2. The highest BCUT2D eigenvalue weighted by Crippen LogP contribution is 2.55. The molecule has 0 saturated carbocycles. The predicted molar refractivity (Wildman–Crippen MR) is 92.8 cm³/mol. The number of ether oxygens (including phenoxy) is 1. The molecule has 26 heavy (non-hydrogen) atoms. The van der Waals surface area contributed by atoms with Crippen molar-refractivity contribution in [2.75, 3.05) is 7.11 Å². The number of hydrogen-bond donors (Lipinski definition) is 2. The summed E-state index contributed by atoms with van der Waals surface area (Å²) in [6, 6.07) is 4.81. The number of ketones is 2. The van der Waals surface area contributed by atoms with Crippen molar-refractivity contribution in [2.45, 2.75) is 26.2 Å². The van der Waals surface area contributed by atoms with Crippen LogP contribution < -0.4 is 4.74 Å². The summed E-state index contributed by atoms with van der Waals surface area (Å²) in [4.78, 5) is 44.1. The molecule has 1 unspecified atom stereocenters.